The van der Waals surface area contributed by atoms with Crippen molar-refractivity contribution in [3.8, 4) is 0 Å². The standard InChI is InChI=1S/C18H24N4O/c1-10-6-11(2)22-17(20-10)16(9-19-22)18(23)21-12(3)15-8-13-4-5-14(15)7-13/h6,9,12-15H,4-5,7-8H2,1-3H3,(H,21,23)/t12-,13+,14+,15-/m0/s1. The number of fused-ring (bicyclic) bond motifs is 3. The lowest BCUT2D eigenvalue weighted by Gasteiger charge is -2.28. The number of aryl methyl sites for hydroxylation is 2. The van der Waals surface area contributed by atoms with E-state index < -0.39 is 0 Å². The summed E-state index contributed by atoms with van der Waals surface area (Å²) in [6, 6.07) is 2.19. The monoisotopic (exact) mass is 312 g/mol. The van der Waals surface area contributed by atoms with Gasteiger partial charge >= 0.3 is 0 Å². The molecule has 0 radical (unpaired) electrons. The fraction of sp³-hybridized carbons (Fsp3) is 0.611. The highest BCUT2D eigenvalue weighted by atomic mass is 16.1. The van der Waals surface area contributed by atoms with E-state index in [-0.39, 0.29) is 11.9 Å². The van der Waals surface area contributed by atoms with Gasteiger partial charge in [0.1, 0.15) is 5.56 Å². The van der Waals surface area contributed by atoms with Crippen molar-refractivity contribution in [1.82, 2.24) is 19.9 Å². The van der Waals surface area contributed by atoms with E-state index in [2.05, 4.69) is 22.3 Å². The Kier molecular flexibility index (Phi) is 3.39. The van der Waals surface area contributed by atoms with Gasteiger partial charge in [-0.1, -0.05) is 6.42 Å². The molecular formula is C18H24N4O. The zero-order valence-electron chi connectivity index (χ0n) is 14.0. The molecule has 0 unspecified atom stereocenters. The minimum atomic E-state index is -0.0484. The zero-order valence-corrected chi connectivity index (χ0v) is 14.0. The van der Waals surface area contributed by atoms with Crippen molar-refractivity contribution >= 4 is 11.6 Å². The highest BCUT2D eigenvalue weighted by Gasteiger charge is 2.42. The second-order valence-corrected chi connectivity index (χ2v) is 7.43. The van der Waals surface area contributed by atoms with E-state index in [4.69, 9.17) is 0 Å². The lowest BCUT2D eigenvalue weighted by molar-refractivity contribution is 0.0917. The van der Waals surface area contributed by atoms with E-state index in [0.717, 1.165) is 23.2 Å². The van der Waals surface area contributed by atoms with Gasteiger partial charge in [0.05, 0.1) is 6.20 Å². The molecule has 23 heavy (non-hydrogen) atoms. The van der Waals surface area contributed by atoms with Crippen LogP contribution in [-0.4, -0.2) is 26.5 Å². The molecule has 0 aliphatic heterocycles. The quantitative estimate of drug-likeness (QED) is 0.948. The molecule has 2 aromatic rings. The predicted molar refractivity (Wildman–Crippen MR) is 88.3 cm³/mol. The fourth-order valence-electron chi connectivity index (χ4n) is 4.73. The Morgan fingerprint density at radius 3 is 2.87 bits per heavy atom. The molecule has 1 amide bonds. The number of hydrogen-bond donors (Lipinski definition) is 1. The highest BCUT2D eigenvalue weighted by Crippen LogP contribution is 2.49. The van der Waals surface area contributed by atoms with E-state index in [0.29, 0.717) is 17.1 Å². The third-order valence-corrected chi connectivity index (χ3v) is 5.82. The number of carbonyl (C=O) groups excluding carboxylic acids is 1. The third-order valence-electron chi connectivity index (χ3n) is 5.82. The van der Waals surface area contributed by atoms with E-state index >= 15 is 0 Å². The topological polar surface area (TPSA) is 59.3 Å². The number of carbonyl (C=O) groups is 1. The largest absolute Gasteiger partial charge is 0.349 e. The summed E-state index contributed by atoms with van der Waals surface area (Å²) < 4.78 is 1.74. The maximum Gasteiger partial charge on any atom is 0.256 e. The van der Waals surface area contributed by atoms with Crippen LogP contribution >= 0.6 is 0 Å². The van der Waals surface area contributed by atoms with Crippen LogP contribution in [0.15, 0.2) is 12.3 Å². The van der Waals surface area contributed by atoms with Crippen LogP contribution in [0.2, 0.25) is 0 Å². The van der Waals surface area contributed by atoms with Gasteiger partial charge in [-0.15, -0.1) is 0 Å². The summed E-state index contributed by atoms with van der Waals surface area (Å²) in [5.41, 5.74) is 3.13. The van der Waals surface area contributed by atoms with Gasteiger partial charge in [0.2, 0.25) is 0 Å². The summed E-state index contributed by atoms with van der Waals surface area (Å²) in [5, 5.41) is 7.52. The number of aromatic nitrogens is 3. The Morgan fingerprint density at radius 2 is 2.17 bits per heavy atom. The lowest BCUT2D eigenvalue weighted by Crippen LogP contribution is -2.40. The maximum absolute atomic E-state index is 12.7. The van der Waals surface area contributed by atoms with Gasteiger partial charge in [-0.2, -0.15) is 5.10 Å². The van der Waals surface area contributed by atoms with Crippen LogP contribution in [0.25, 0.3) is 5.65 Å². The summed E-state index contributed by atoms with van der Waals surface area (Å²) >= 11 is 0. The second kappa shape index (κ2) is 5.32. The highest BCUT2D eigenvalue weighted by molar-refractivity contribution is 5.99. The molecule has 2 heterocycles. The molecule has 2 aliphatic rings. The van der Waals surface area contributed by atoms with Gasteiger partial charge in [-0.05, 0) is 63.9 Å². The Bertz CT molecular complexity index is 766. The Morgan fingerprint density at radius 1 is 1.35 bits per heavy atom. The molecule has 2 bridgehead atoms. The molecule has 0 saturated heterocycles. The Balaban J connectivity index is 1.55. The summed E-state index contributed by atoms with van der Waals surface area (Å²) in [4.78, 5) is 17.2. The van der Waals surface area contributed by atoms with Gasteiger partial charge in [0, 0.05) is 17.4 Å². The van der Waals surface area contributed by atoms with Crippen LogP contribution in [0, 0.1) is 31.6 Å². The van der Waals surface area contributed by atoms with Gasteiger partial charge in [0.25, 0.3) is 5.91 Å². The summed E-state index contributed by atoms with van der Waals surface area (Å²) in [6.07, 6.45) is 7.00. The molecule has 4 atom stereocenters. The molecule has 5 heteroatoms. The van der Waals surface area contributed by atoms with Crippen molar-refractivity contribution in [1.29, 1.82) is 0 Å². The number of nitrogens with one attached hydrogen (secondary N) is 1. The van der Waals surface area contributed by atoms with Crippen molar-refractivity contribution in [2.75, 3.05) is 0 Å². The number of hydrogen-bond acceptors (Lipinski definition) is 3. The number of rotatable bonds is 3. The molecule has 2 saturated carbocycles. The number of nitrogens with zero attached hydrogens (tertiary/aromatic N) is 3. The second-order valence-electron chi connectivity index (χ2n) is 7.43. The molecule has 2 fully saturated rings. The van der Waals surface area contributed by atoms with Gasteiger partial charge < -0.3 is 5.32 Å². The van der Waals surface area contributed by atoms with Crippen molar-refractivity contribution in [3.63, 3.8) is 0 Å². The first-order chi connectivity index (χ1) is 11.0. The smallest absolute Gasteiger partial charge is 0.256 e. The van der Waals surface area contributed by atoms with Gasteiger partial charge in [0.15, 0.2) is 5.65 Å². The molecule has 4 rings (SSSR count). The van der Waals surface area contributed by atoms with E-state index in [1.165, 1.54) is 25.7 Å². The van der Waals surface area contributed by atoms with E-state index in [1.54, 1.807) is 10.7 Å². The molecule has 2 aliphatic carbocycles. The third kappa shape index (κ3) is 2.42. The van der Waals surface area contributed by atoms with Crippen LogP contribution in [0.3, 0.4) is 0 Å². The fourth-order valence-corrected chi connectivity index (χ4v) is 4.73. The van der Waals surface area contributed by atoms with Crippen molar-refractivity contribution in [2.45, 2.75) is 52.5 Å². The maximum atomic E-state index is 12.7. The lowest BCUT2D eigenvalue weighted by atomic mass is 9.84. The minimum absolute atomic E-state index is 0.0484. The van der Waals surface area contributed by atoms with E-state index in [9.17, 15) is 4.79 Å². The normalized spacial score (nSPS) is 27.5. The molecule has 5 nitrogen and oxygen atoms in total. The average Bonchev–Trinajstić information content (AvgIpc) is 3.21. The first-order valence-electron chi connectivity index (χ1n) is 8.65. The predicted octanol–water partition coefficient (Wildman–Crippen LogP) is 2.90. The van der Waals surface area contributed by atoms with Gasteiger partial charge in [-0.3, -0.25) is 4.79 Å². The molecule has 122 valence electrons. The summed E-state index contributed by atoms with van der Waals surface area (Å²) in [7, 11) is 0. The van der Waals surface area contributed by atoms with Gasteiger partial charge in [-0.25, -0.2) is 9.50 Å². The minimum Gasteiger partial charge on any atom is -0.349 e. The Labute approximate surface area is 136 Å². The van der Waals surface area contributed by atoms with Crippen molar-refractivity contribution in [3.05, 3.63) is 29.2 Å². The first kappa shape index (κ1) is 14.7. The zero-order chi connectivity index (χ0) is 16.1. The molecule has 0 spiro atoms. The van der Waals surface area contributed by atoms with Crippen LogP contribution in [0.4, 0.5) is 0 Å². The molecule has 2 aromatic heterocycles. The molecule has 1 N–H and O–H groups in total. The van der Waals surface area contributed by atoms with Crippen molar-refractivity contribution < 1.29 is 4.79 Å². The van der Waals surface area contributed by atoms with Crippen LogP contribution < -0.4 is 5.32 Å². The van der Waals surface area contributed by atoms with Crippen LogP contribution in [0.1, 0.15) is 54.4 Å². The summed E-state index contributed by atoms with van der Waals surface area (Å²) in [5.74, 6) is 2.29. The first-order valence-corrected chi connectivity index (χ1v) is 8.65. The summed E-state index contributed by atoms with van der Waals surface area (Å²) in [6.45, 7) is 6.08. The van der Waals surface area contributed by atoms with Crippen LogP contribution in [-0.2, 0) is 0 Å². The molecule has 0 aromatic carbocycles. The Hall–Kier alpha value is -1.91. The molecular weight excluding hydrogens is 288 g/mol. The van der Waals surface area contributed by atoms with E-state index in [1.807, 2.05) is 19.9 Å². The average molecular weight is 312 g/mol. The SMILES string of the molecule is Cc1cc(C)n2ncc(C(=O)N[C@@H](C)[C@@H]3C[C@@H]4CC[C@@H]3C4)c2n1. The van der Waals surface area contributed by atoms with Crippen molar-refractivity contribution in [2.24, 2.45) is 17.8 Å². The number of amides is 1. The van der Waals surface area contributed by atoms with Crippen LogP contribution in [0.5, 0.6) is 0 Å².